The van der Waals surface area contributed by atoms with E-state index in [9.17, 15) is 4.79 Å². The number of nitrogens with one attached hydrogen (secondary N) is 1. The van der Waals surface area contributed by atoms with Crippen molar-refractivity contribution in [1.82, 2.24) is 4.98 Å². The fourth-order valence-electron chi connectivity index (χ4n) is 2.38. The summed E-state index contributed by atoms with van der Waals surface area (Å²) < 4.78 is 0. The van der Waals surface area contributed by atoms with E-state index in [0.29, 0.717) is 0 Å². The Kier molecular flexibility index (Phi) is 4.53. The maximum absolute atomic E-state index is 12.5. The number of rotatable bonds is 4. The van der Waals surface area contributed by atoms with Crippen molar-refractivity contribution in [2.45, 2.75) is 20.8 Å². The molecule has 1 aromatic heterocycles. The largest absolute Gasteiger partial charge is 0.393 e. The van der Waals surface area contributed by atoms with E-state index < -0.39 is 5.92 Å². The van der Waals surface area contributed by atoms with Crippen molar-refractivity contribution in [3.05, 3.63) is 36.0 Å². The Bertz CT molecular complexity index is 697. The number of aromatic nitrogens is 1. The van der Waals surface area contributed by atoms with Crippen LogP contribution in [0.2, 0.25) is 0 Å². The SMILES string of the molecule is Cc1cc(NC(=O)C(C(N)=S)C(C)C)c2ccccc2n1. The van der Waals surface area contributed by atoms with Gasteiger partial charge < -0.3 is 11.1 Å². The van der Waals surface area contributed by atoms with Gasteiger partial charge in [0.15, 0.2) is 0 Å². The highest BCUT2D eigenvalue weighted by atomic mass is 32.1. The molecule has 0 saturated carbocycles. The molecule has 3 N–H and O–H groups in total. The second-order valence-electron chi connectivity index (χ2n) is 5.44. The van der Waals surface area contributed by atoms with Crippen molar-refractivity contribution in [2.24, 2.45) is 17.6 Å². The normalized spacial score (nSPS) is 12.4. The Morgan fingerprint density at radius 1 is 1.33 bits per heavy atom. The highest BCUT2D eigenvalue weighted by Crippen LogP contribution is 2.24. The zero-order valence-corrected chi connectivity index (χ0v) is 13.2. The molecule has 5 heteroatoms. The van der Waals surface area contributed by atoms with Gasteiger partial charge in [0, 0.05) is 11.1 Å². The summed E-state index contributed by atoms with van der Waals surface area (Å²) in [6.45, 7) is 5.76. The van der Waals surface area contributed by atoms with Crippen LogP contribution in [0.5, 0.6) is 0 Å². The Labute approximate surface area is 129 Å². The van der Waals surface area contributed by atoms with Gasteiger partial charge >= 0.3 is 0 Å². The number of pyridine rings is 1. The summed E-state index contributed by atoms with van der Waals surface area (Å²) in [7, 11) is 0. The number of hydrogen-bond donors (Lipinski definition) is 2. The van der Waals surface area contributed by atoms with Crippen LogP contribution in [0.25, 0.3) is 10.9 Å². The van der Waals surface area contributed by atoms with Crippen molar-refractivity contribution < 1.29 is 4.79 Å². The van der Waals surface area contributed by atoms with E-state index in [1.165, 1.54) is 0 Å². The first kappa shape index (κ1) is 15.4. The number of hydrogen-bond acceptors (Lipinski definition) is 3. The van der Waals surface area contributed by atoms with Gasteiger partial charge in [-0.15, -0.1) is 0 Å². The molecule has 2 aromatic rings. The zero-order valence-electron chi connectivity index (χ0n) is 12.4. The van der Waals surface area contributed by atoms with Gasteiger partial charge in [-0.05, 0) is 25.0 Å². The highest BCUT2D eigenvalue weighted by molar-refractivity contribution is 7.80. The number of fused-ring (bicyclic) bond motifs is 1. The topological polar surface area (TPSA) is 68.0 Å². The fraction of sp³-hybridized carbons (Fsp3) is 0.312. The molecule has 110 valence electrons. The van der Waals surface area contributed by atoms with Crippen LogP contribution in [0.1, 0.15) is 19.5 Å². The Hall–Kier alpha value is -2.01. The molecule has 0 fully saturated rings. The molecule has 0 bridgehead atoms. The average Bonchev–Trinajstić information content (AvgIpc) is 2.37. The van der Waals surface area contributed by atoms with Gasteiger partial charge in [-0.1, -0.05) is 44.3 Å². The maximum atomic E-state index is 12.5. The summed E-state index contributed by atoms with van der Waals surface area (Å²) in [6, 6.07) is 9.56. The van der Waals surface area contributed by atoms with E-state index in [1.807, 2.05) is 51.1 Å². The van der Waals surface area contributed by atoms with Crippen molar-refractivity contribution in [1.29, 1.82) is 0 Å². The van der Waals surface area contributed by atoms with E-state index in [2.05, 4.69) is 10.3 Å². The summed E-state index contributed by atoms with van der Waals surface area (Å²) in [6.07, 6.45) is 0. The number of anilines is 1. The number of carbonyl (C=O) groups excluding carboxylic acids is 1. The molecule has 1 unspecified atom stereocenters. The van der Waals surface area contributed by atoms with Crippen LogP contribution in [0, 0.1) is 18.8 Å². The molecule has 21 heavy (non-hydrogen) atoms. The molecule has 0 radical (unpaired) electrons. The lowest BCUT2D eigenvalue weighted by Crippen LogP contribution is -2.36. The molecule has 0 aliphatic carbocycles. The number of benzene rings is 1. The second kappa shape index (κ2) is 6.18. The third-order valence-corrected chi connectivity index (χ3v) is 3.61. The van der Waals surface area contributed by atoms with Crippen LogP contribution in [0.3, 0.4) is 0 Å². The van der Waals surface area contributed by atoms with Gasteiger partial charge in [0.25, 0.3) is 0 Å². The molecular formula is C16H19N3OS. The minimum atomic E-state index is -0.479. The van der Waals surface area contributed by atoms with Gasteiger partial charge in [0.2, 0.25) is 5.91 Å². The molecule has 1 atom stereocenters. The maximum Gasteiger partial charge on any atom is 0.234 e. The van der Waals surface area contributed by atoms with Crippen molar-refractivity contribution in [2.75, 3.05) is 5.32 Å². The molecule has 0 saturated heterocycles. The summed E-state index contributed by atoms with van der Waals surface area (Å²) >= 11 is 5.01. The van der Waals surface area contributed by atoms with Gasteiger partial charge in [-0.2, -0.15) is 0 Å². The van der Waals surface area contributed by atoms with Crippen LogP contribution in [0.4, 0.5) is 5.69 Å². The van der Waals surface area contributed by atoms with Crippen LogP contribution < -0.4 is 11.1 Å². The molecule has 0 spiro atoms. The number of para-hydroxylation sites is 1. The van der Waals surface area contributed by atoms with Crippen LogP contribution >= 0.6 is 12.2 Å². The van der Waals surface area contributed by atoms with E-state index in [-0.39, 0.29) is 16.8 Å². The summed E-state index contributed by atoms with van der Waals surface area (Å²) in [4.78, 5) is 17.1. The Balaban J connectivity index is 2.39. The van der Waals surface area contributed by atoms with E-state index in [0.717, 1.165) is 22.3 Å². The van der Waals surface area contributed by atoms with Crippen molar-refractivity contribution >= 4 is 39.7 Å². The van der Waals surface area contributed by atoms with Gasteiger partial charge in [0.1, 0.15) is 0 Å². The Morgan fingerprint density at radius 3 is 2.62 bits per heavy atom. The second-order valence-corrected chi connectivity index (χ2v) is 5.91. The number of aryl methyl sites for hydroxylation is 1. The first-order valence-corrected chi connectivity index (χ1v) is 7.27. The van der Waals surface area contributed by atoms with Crippen molar-refractivity contribution in [3.63, 3.8) is 0 Å². The summed E-state index contributed by atoms with van der Waals surface area (Å²) in [5.41, 5.74) is 8.13. The van der Waals surface area contributed by atoms with Gasteiger partial charge in [-0.25, -0.2) is 0 Å². The number of amides is 1. The quantitative estimate of drug-likeness (QED) is 0.852. The number of thiocarbonyl (C=S) groups is 1. The third kappa shape index (κ3) is 3.36. The molecule has 0 aliphatic heterocycles. The predicted octanol–water partition coefficient (Wildman–Crippen LogP) is 3.04. The fourth-order valence-corrected chi connectivity index (χ4v) is 2.76. The van der Waals surface area contributed by atoms with Gasteiger partial charge in [0.05, 0.1) is 22.1 Å². The number of carbonyl (C=O) groups is 1. The summed E-state index contributed by atoms with van der Waals surface area (Å²) in [5.74, 6) is -0.600. The minimum Gasteiger partial charge on any atom is -0.393 e. The molecule has 1 amide bonds. The Morgan fingerprint density at radius 2 is 2.00 bits per heavy atom. The third-order valence-electron chi connectivity index (χ3n) is 3.36. The monoisotopic (exact) mass is 301 g/mol. The van der Waals surface area contributed by atoms with E-state index in [4.69, 9.17) is 18.0 Å². The van der Waals surface area contributed by atoms with Crippen LogP contribution in [-0.4, -0.2) is 15.9 Å². The average molecular weight is 301 g/mol. The number of nitrogens with two attached hydrogens (primary N) is 1. The predicted molar refractivity (Wildman–Crippen MR) is 90.2 cm³/mol. The van der Waals surface area contributed by atoms with E-state index >= 15 is 0 Å². The molecule has 2 rings (SSSR count). The standard InChI is InChI=1S/C16H19N3OS/c1-9(2)14(15(17)21)16(20)19-13-8-10(3)18-12-7-5-4-6-11(12)13/h4-9,14H,1-3H3,(H2,17,21)(H,18,19,20). The van der Waals surface area contributed by atoms with Crippen LogP contribution in [-0.2, 0) is 4.79 Å². The highest BCUT2D eigenvalue weighted by Gasteiger charge is 2.25. The molecule has 0 aliphatic rings. The first-order chi connectivity index (χ1) is 9.90. The van der Waals surface area contributed by atoms with E-state index in [1.54, 1.807) is 0 Å². The zero-order chi connectivity index (χ0) is 15.6. The molecular weight excluding hydrogens is 282 g/mol. The smallest absolute Gasteiger partial charge is 0.234 e. The summed E-state index contributed by atoms with van der Waals surface area (Å²) in [5, 5.41) is 3.85. The van der Waals surface area contributed by atoms with Crippen molar-refractivity contribution in [3.8, 4) is 0 Å². The number of nitrogens with zero attached hydrogens (tertiary/aromatic N) is 1. The first-order valence-electron chi connectivity index (χ1n) is 6.86. The van der Waals surface area contributed by atoms with Gasteiger partial charge in [-0.3, -0.25) is 9.78 Å². The molecule has 1 heterocycles. The minimum absolute atomic E-state index is 0.0525. The lowest BCUT2D eigenvalue weighted by molar-refractivity contribution is -0.118. The molecule has 1 aromatic carbocycles. The van der Waals surface area contributed by atoms with Crippen LogP contribution in [0.15, 0.2) is 30.3 Å². The lowest BCUT2D eigenvalue weighted by atomic mass is 9.95. The molecule has 4 nitrogen and oxygen atoms in total. The lowest BCUT2D eigenvalue weighted by Gasteiger charge is -2.19.